The fourth-order valence-corrected chi connectivity index (χ4v) is 7.58. The van der Waals surface area contributed by atoms with Crippen LogP contribution in [0.3, 0.4) is 0 Å². The van der Waals surface area contributed by atoms with Gasteiger partial charge in [-0.1, -0.05) is 49.6 Å². The minimum Gasteiger partial charge on any atom is -0.388 e. The smallest absolute Gasteiger partial charge is 0.271 e. The molecule has 5 rings (SSSR count). The molecule has 1 aromatic heterocycles. The number of fused-ring (bicyclic) bond motifs is 1. The van der Waals surface area contributed by atoms with E-state index in [9.17, 15) is 18.3 Å². The quantitative estimate of drug-likeness (QED) is 0.356. The van der Waals surface area contributed by atoms with Crippen LogP contribution in [0.25, 0.3) is 22.0 Å². The number of nitrogens with one attached hydrogen (secondary N) is 2. The Bertz CT molecular complexity index is 1500. The highest BCUT2D eigenvalue weighted by atomic mass is 32.2. The molecule has 0 unspecified atom stereocenters. The molecule has 1 aliphatic heterocycles. The fraction of sp³-hybridized carbons (Fsp3) is 0.548. The Kier molecular flexibility index (Phi) is 8.57. The summed E-state index contributed by atoms with van der Waals surface area (Å²) >= 11 is 0. The fourth-order valence-electron chi connectivity index (χ4n) is 5.95. The lowest BCUT2D eigenvalue weighted by Crippen LogP contribution is -2.46. The van der Waals surface area contributed by atoms with E-state index in [1.54, 1.807) is 12.1 Å². The average molecular weight is 583 g/mol. The molecule has 0 radical (unpaired) electrons. The molecule has 2 aliphatic rings. The summed E-state index contributed by atoms with van der Waals surface area (Å²) in [4.78, 5) is 13.5. The maximum Gasteiger partial charge on any atom is 0.271 e. The highest BCUT2D eigenvalue weighted by Crippen LogP contribution is 2.35. The van der Waals surface area contributed by atoms with E-state index in [0.717, 1.165) is 29.5 Å². The first kappa shape index (κ1) is 29.7. The molecule has 10 heteroatoms. The molecular weight excluding hydrogens is 540 g/mol. The highest BCUT2D eigenvalue weighted by Gasteiger charge is 2.31. The van der Waals surface area contributed by atoms with Crippen molar-refractivity contribution in [2.75, 3.05) is 19.8 Å². The third kappa shape index (κ3) is 6.99. The Balaban J connectivity index is 1.53. The number of rotatable bonds is 8. The second kappa shape index (κ2) is 11.8. The van der Waals surface area contributed by atoms with Crippen molar-refractivity contribution in [1.29, 1.82) is 0 Å². The molecule has 2 fully saturated rings. The van der Waals surface area contributed by atoms with Gasteiger partial charge in [-0.3, -0.25) is 9.48 Å². The van der Waals surface area contributed by atoms with Crippen molar-refractivity contribution in [1.82, 2.24) is 19.8 Å². The number of carbonyl (C=O) groups is 1. The molecule has 1 saturated heterocycles. The molecule has 1 aliphatic carbocycles. The number of benzene rings is 2. The van der Waals surface area contributed by atoms with Gasteiger partial charge in [0.05, 0.1) is 16.2 Å². The first-order valence-corrected chi connectivity index (χ1v) is 16.1. The van der Waals surface area contributed by atoms with Crippen LogP contribution in [0.4, 0.5) is 0 Å². The Labute approximate surface area is 242 Å². The van der Waals surface area contributed by atoms with Gasteiger partial charge in [0.2, 0.25) is 10.0 Å². The molecular formula is C31H42N4O5S. The van der Waals surface area contributed by atoms with Crippen molar-refractivity contribution in [3.63, 3.8) is 0 Å². The van der Waals surface area contributed by atoms with E-state index < -0.39 is 21.2 Å². The molecule has 1 amide bonds. The van der Waals surface area contributed by atoms with Crippen molar-refractivity contribution in [2.24, 2.45) is 5.92 Å². The molecule has 3 aromatic rings. The van der Waals surface area contributed by atoms with Crippen LogP contribution in [0.1, 0.15) is 76.2 Å². The van der Waals surface area contributed by atoms with Crippen LogP contribution in [0, 0.1) is 5.92 Å². The third-order valence-corrected chi connectivity index (χ3v) is 9.88. The largest absolute Gasteiger partial charge is 0.388 e. The Hall–Kier alpha value is -2.79. The van der Waals surface area contributed by atoms with Crippen LogP contribution in [-0.4, -0.2) is 60.1 Å². The highest BCUT2D eigenvalue weighted by molar-refractivity contribution is 7.89. The van der Waals surface area contributed by atoms with Crippen molar-refractivity contribution in [2.45, 2.75) is 88.3 Å². The predicted octanol–water partition coefficient (Wildman–Crippen LogP) is 4.63. The monoisotopic (exact) mass is 582 g/mol. The van der Waals surface area contributed by atoms with Crippen molar-refractivity contribution >= 4 is 26.7 Å². The Morgan fingerprint density at radius 1 is 1.07 bits per heavy atom. The predicted molar refractivity (Wildman–Crippen MR) is 159 cm³/mol. The Morgan fingerprint density at radius 3 is 2.44 bits per heavy atom. The van der Waals surface area contributed by atoms with Crippen LogP contribution >= 0.6 is 0 Å². The molecule has 2 aromatic carbocycles. The van der Waals surface area contributed by atoms with Gasteiger partial charge < -0.3 is 15.2 Å². The number of carbonyl (C=O) groups excluding carboxylic acids is 1. The molecule has 3 N–H and O–H groups in total. The summed E-state index contributed by atoms with van der Waals surface area (Å²) in [5, 5.41) is 19.9. The number of aliphatic hydroxyl groups is 1. The van der Waals surface area contributed by atoms with Gasteiger partial charge in [-0.25, -0.2) is 13.1 Å². The molecule has 41 heavy (non-hydrogen) atoms. The van der Waals surface area contributed by atoms with Gasteiger partial charge >= 0.3 is 0 Å². The van der Waals surface area contributed by atoms with E-state index in [2.05, 4.69) is 10.0 Å². The number of amides is 1. The Morgan fingerprint density at radius 2 is 1.76 bits per heavy atom. The number of ether oxygens (including phenoxy) is 1. The molecule has 0 bridgehead atoms. The van der Waals surface area contributed by atoms with Gasteiger partial charge in [-0.2, -0.15) is 5.10 Å². The van der Waals surface area contributed by atoms with E-state index in [-0.39, 0.29) is 23.0 Å². The van der Waals surface area contributed by atoms with E-state index in [1.165, 1.54) is 19.3 Å². The minimum absolute atomic E-state index is 0.135. The molecule has 9 nitrogen and oxygen atoms in total. The van der Waals surface area contributed by atoms with E-state index in [1.807, 2.05) is 55.8 Å². The van der Waals surface area contributed by atoms with E-state index >= 15 is 0 Å². The maximum atomic E-state index is 13.4. The van der Waals surface area contributed by atoms with Crippen LogP contribution in [-0.2, 0) is 21.3 Å². The van der Waals surface area contributed by atoms with Gasteiger partial charge in [0.15, 0.2) is 5.69 Å². The minimum atomic E-state index is -3.78. The lowest BCUT2D eigenvalue weighted by atomic mass is 9.89. The second-order valence-corrected chi connectivity index (χ2v) is 14.3. The zero-order chi connectivity index (χ0) is 29.3. The average Bonchev–Trinajstić information content (AvgIpc) is 3.34. The topological polar surface area (TPSA) is 123 Å². The van der Waals surface area contributed by atoms with Crippen LogP contribution in [0.2, 0.25) is 0 Å². The number of aromatic nitrogens is 2. The molecule has 0 spiro atoms. The number of sulfonamides is 1. The van der Waals surface area contributed by atoms with Gasteiger partial charge in [-0.05, 0) is 57.0 Å². The zero-order valence-electron chi connectivity index (χ0n) is 24.3. The van der Waals surface area contributed by atoms with Gasteiger partial charge in [0, 0.05) is 55.6 Å². The molecule has 222 valence electrons. The van der Waals surface area contributed by atoms with Crippen LogP contribution < -0.4 is 10.0 Å². The lowest BCUT2D eigenvalue weighted by molar-refractivity contribution is -0.0605. The molecule has 1 saturated carbocycles. The van der Waals surface area contributed by atoms with E-state index in [0.29, 0.717) is 43.9 Å². The van der Waals surface area contributed by atoms with Crippen molar-refractivity contribution in [3.05, 3.63) is 48.2 Å². The first-order chi connectivity index (χ1) is 19.4. The number of hydrogen-bond donors (Lipinski definition) is 3. The maximum absolute atomic E-state index is 13.4. The van der Waals surface area contributed by atoms with Crippen LogP contribution in [0.5, 0.6) is 0 Å². The van der Waals surface area contributed by atoms with Gasteiger partial charge in [-0.15, -0.1) is 0 Å². The number of nitrogens with zero attached hydrogens (tertiary/aromatic N) is 2. The van der Waals surface area contributed by atoms with Crippen LogP contribution in [0.15, 0.2) is 47.4 Å². The SMILES string of the molecule is CC(C)(C)NS(=O)(=O)c1ccc(-c2cc(C(=O)NCC3(O)CCOCC3)nn2CC2CCCCC2)c2ccccc12. The number of hydrogen-bond acceptors (Lipinski definition) is 6. The lowest BCUT2D eigenvalue weighted by Gasteiger charge is -2.31. The van der Waals surface area contributed by atoms with Crippen molar-refractivity contribution < 1.29 is 23.1 Å². The summed E-state index contributed by atoms with van der Waals surface area (Å²) in [6.07, 6.45) is 6.80. The summed E-state index contributed by atoms with van der Waals surface area (Å²) in [6.45, 7) is 7.21. The summed E-state index contributed by atoms with van der Waals surface area (Å²) in [6, 6.07) is 12.7. The molecule has 2 heterocycles. The van der Waals surface area contributed by atoms with Crippen molar-refractivity contribution in [3.8, 4) is 11.3 Å². The first-order valence-electron chi connectivity index (χ1n) is 14.7. The van der Waals surface area contributed by atoms with E-state index in [4.69, 9.17) is 9.84 Å². The standard InChI is InChI=1S/C31H42N4O5S/c1-30(2,3)34-41(38,39)28-14-13-24(23-11-7-8-12-25(23)28)27-19-26(33-35(27)20-22-9-5-4-6-10-22)29(36)32-21-31(37)15-17-40-18-16-31/h7-8,11-14,19,22,34,37H,4-6,9-10,15-18,20-21H2,1-3H3,(H,32,36). The van der Waals surface area contributed by atoms with Gasteiger partial charge in [0.25, 0.3) is 5.91 Å². The molecule has 0 atom stereocenters. The summed E-state index contributed by atoms with van der Waals surface area (Å²) in [5.74, 6) is 0.120. The normalized spacial score (nSPS) is 18.4. The summed E-state index contributed by atoms with van der Waals surface area (Å²) in [7, 11) is -3.78. The zero-order valence-corrected chi connectivity index (χ0v) is 25.1. The third-order valence-electron chi connectivity index (χ3n) is 8.06. The summed E-state index contributed by atoms with van der Waals surface area (Å²) in [5.41, 5.74) is 0.258. The van der Waals surface area contributed by atoms with Gasteiger partial charge in [0.1, 0.15) is 0 Å². The summed E-state index contributed by atoms with van der Waals surface area (Å²) < 4.78 is 36.7. The second-order valence-electron chi connectivity index (χ2n) is 12.6.